The van der Waals surface area contributed by atoms with Crippen LogP contribution in [-0.4, -0.2) is 25.7 Å². The van der Waals surface area contributed by atoms with Gasteiger partial charge in [0.2, 0.25) is 5.91 Å². The Balaban J connectivity index is 1.62. The van der Waals surface area contributed by atoms with E-state index < -0.39 is 0 Å². The highest BCUT2D eigenvalue weighted by molar-refractivity contribution is 7.98. The van der Waals surface area contributed by atoms with E-state index in [0.29, 0.717) is 12.3 Å². The summed E-state index contributed by atoms with van der Waals surface area (Å²) < 4.78 is 13.8. The van der Waals surface area contributed by atoms with Gasteiger partial charge in [0.25, 0.3) is 0 Å². The topological polar surface area (TPSA) is 47.6 Å². The Labute approximate surface area is 143 Å². The van der Waals surface area contributed by atoms with Crippen LogP contribution >= 0.6 is 11.9 Å². The summed E-state index contributed by atoms with van der Waals surface area (Å²) in [6.45, 7) is 2.76. The van der Waals surface area contributed by atoms with E-state index in [1.165, 1.54) is 44.1 Å². The van der Waals surface area contributed by atoms with Crippen LogP contribution in [0.3, 0.4) is 0 Å². The molecule has 0 spiro atoms. The fourth-order valence-electron chi connectivity index (χ4n) is 2.78. The van der Waals surface area contributed by atoms with Crippen molar-refractivity contribution in [3.05, 3.63) is 24.3 Å². The third-order valence-electron chi connectivity index (χ3n) is 4.16. The Morgan fingerprint density at radius 2 is 1.96 bits per heavy atom. The monoisotopic (exact) mass is 337 g/mol. The molecule has 0 saturated heterocycles. The molecule has 2 rings (SSSR count). The Kier molecular flexibility index (Phi) is 7.76. The van der Waals surface area contributed by atoms with Gasteiger partial charge in [0.05, 0.1) is 19.6 Å². The first-order valence-corrected chi connectivity index (χ1v) is 9.20. The van der Waals surface area contributed by atoms with Gasteiger partial charge < -0.3 is 9.47 Å². The molecule has 1 aliphatic carbocycles. The number of carbonyl (C=O) groups is 1. The highest BCUT2D eigenvalue weighted by atomic mass is 32.2. The fraction of sp³-hybridized carbons (Fsp3) is 0.611. The van der Waals surface area contributed by atoms with Crippen LogP contribution in [0.1, 0.15) is 45.4 Å². The number of ether oxygens (including phenoxy) is 2. The van der Waals surface area contributed by atoms with Crippen LogP contribution in [0.4, 0.5) is 0 Å². The SMILES string of the molecule is COc1ccc(SNC(=O)CC(C)OCC2CCCCC2)cc1. The van der Waals surface area contributed by atoms with E-state index >= 15 is 0 Å². The minimum atomic E-state index is -0.0339. The second-order valence-electron chi connectivity index (χ2n) is 6.15. The van der Waals surface area contributed by atoms with Crippen LogP contribution in [-0.2, 0) is 9.53 Å². The summed E-state index contributed by atoms with van der Waals surface area (Å²) in [5.41, 5.74) is 0. The maximum atomic E-state index is 12.0. The largest absolute Gasteiger partial charge is 0.497 e. The third-order valence-corrected chi connectivity index (χ3v) is 4.99. The van der Waals surface area contributed by atoms with Gasteiger partial charge >= 0.3 is 0 Å². The van der Waals surface area contributed by atoms with E-state index in [2.05, 4.69) is 4.72 Å². The van der Waals surface area contributed by atoms with Gasteiger partial charge in [-0.15, -0.1) is 0 Å². The molecular formula is C18H27NO3S. The van der Waals surface area contributed by atoms with E-state index in [0.717, 1.165) is 17.3 Å². The lowest BCUT2D eigenvalue weighted by atomic mass is 9.90. The van der Waals surface area contributed by atoms with E-state index in [1.54, 1.807) is 7.11 Å². The van der Waals surface area contributed by atoms with Gasteiger partial charge in [-0.2, -0.15) is 0 Å². The summed E-state index contributed by atoms with van der Waals surface area (Å²) in [5.74, 6) is 1.50. The van der Waals surface area contributed by atoms with Gasteiger partial charge in [-0.3, -0.25) is 9.52 Å². The van der Waals surface area contributed by atoms with Gasteiger partial charge in [-0.25, -0.2) is 0 Å². The van der Waals surface area contributed by atoms with E-state index in [4.69, 9.17) is 9.47 Å². The Hall–Kier alpha value is -1.20. The molecule has 4 nitrogen and oxygen atoms in total. The van der Waals surface area contributed by atoms with Crippen LogP contribution in [0, 0.1) is 5.92 Å². The van der Waals surface area contributed by atoms with Crippen LogP contribution in [0.5, 0.6) is 5.75 Å². The van der Waals surface area contributed by atoms with Crippen molar-refractivity contribution in [3.8, 4) is 5.75 Å². The Morgan fingerprint density at radius 1 is 1.26 bits per heavy atom. The van der Waals surface area contributed by atoms with Crippen molar-refractivity contribution in [2.75, 3.05) is 13.7 Å². The quantitative estimate of drug-likeness (QED) is 0.723. The van der Waals surface area contributed by atoms with Crippen molar-refractivity contribution in [3.63, 3.8) is 0 Å². The van der Waals surface area contributed by atoms with Crippen molar-refractivity contribution in [2.24, 2.45) is 5.92 Å². The average Bonchev–Trinajstić information content (AvgIpc) is 2.59. The number of carbonyl (C=O) groups excluding carboxylic acids is 1. The van der Waals surface area contributed by atoms with Crippen molar-refractivity contribution >= 4 is 17.9 Å². The molecule has 0 aromatic heterocycles. The number of hydrogen-bond acceptors (Lipinski definition) is 4. The number of methoxy groups -OCH3 is 1. The molecule has 0 bridgehead atoms. The second kappa shape index (κ2) is 9.83. The molecule has 5 heteroatoms. The molecule has 0 heterocycles. The molecule has 1 aromatic carbocycles. The highest BCUT2D eigenvalue weighted by Crippen LogP contribution is 2.24. The maximum absolute atomic E-state index is 12.0. The molecule has 23 heavy (non-hydrogen) atoms. The smallest absolute Gasteiger partial charge is 0.232 e. The molecule has 1 aromatic rings. The number of benzene rings is 1. The van der Waals surface area contributed by atoms with E-state index in [9.17, 15) is 4.79 Å². The molecule has 0 aliphatic heterocycles. The van der Waals surface area contributed by atoms with Gasteiger partial charge in [0.1, 0.15) is 5.75 Å². The van der Waals surface area contributed by atoms with Crippen molar-refractivity contribution < 1.29 is 14.3 Å². The van der Waals surface area contributed by atoms with Gasteiger partial charge in [-0.1, -0.05) is 19.3 Å². The molecule has 1 N–H and O–H groups in total. The summed E-state index contributed by atoms with van der Waals surface area (Å²) >= 11 is 1.33. The normalized spacial score (nSPS) is 16.8. The Bertz CT molecular complexity index is 472. The van der Waals surface area contributed by atoms with E-state index in [1.807, 2.05) is 31.2 Å². The predicted molar refractivity (Wildman–Crippen MR) is 93.6 cm³/mol. The zero-order chi connectivity index (χ0) is 16.5. The van der Waals surface area contributed by atoms with Crippen LogP contribution in [0.25, 0.3) is 0 Å². The molecule has 128 valence electrons. The number of amides is 1. The maximum Gasteiger partial charge on any atom is 0.232 e. The first-order valence-electron chi connectivity index (χ1n) is 8.38. The second-order valence-corrected chi connectivity index (χ2v) is 7.03. The number of hydrogen-bond donors (Lipinski definition) is 1. The number of rotatable bonds is 8. The molecule has 1 atom stereocenters. The minimum Gasteiger partial charge on any atom is -0.497 e. The van der Waals surface area contributed by atoms with Crippen LogP contribution in [0.2, 0.25) is 0 Å². The van der Waals surface area contributed by atoms with E-state index in [-0.39, 0.29) is 12.0 Å². The van der Waals surface area contributed by atoms with Crippen LogP contribution < -0.4 is 9.46 Å². The molecule has 0 radical (unpaired) electrons. The Morgan fingerprint density at radius 3 is 2.61 bits per heavy atom. The number of nitrogens with one attached hydrogen (secondary N) is 1. The first-order chi connectivity index (χ1) is 11.2. The highest BCUT2D eigenvalue weighted by Gasteiger charge is 2.16. The summed E-state index contributed by atoms with van der Waals surface area (Å²) in [6.07, 6.45) is 6.90. The molecule has 1 unspecified atom stereocenters. The standard InChI is InChI=1S/C18H27NO3S/c1-14(22-13-15-6-4-3-5-7-15)12-18(20)19-23-17-10-8-16(21-2)9-11-17/h8-11,14-15H,3-7,12-13H2,1-2H3,(H,19,20). The van der Waals surface area contributed by atoms with Crippen molar-refractivity contribution in [1.29, 1.82) is 0 Å². The summed E-state index contributed by atoms with van der Waals surface area (Å²) in [7, 11) is 1.64. The van der Waals surface area contributed by atoms with Gasteiger partial charge in [0.15, 0.2) is 0 Å². The van der Waals surface area contributed by atoms with Crippen molar-refractivity contribution in [2.45, 2.75) is 56.4 Å². The molecule has 1 amide bonds. The zero-order valence-electron chi connectivity index (χ0n) is 14.0. The summed E-state index contributed by atoms with van der Waals surface area (Å²) in [4.78, 5) is 12.9. The molecule has 1 aliphatic rings. The zero-order valence-corrected chi connectivity index (χ0v) is 14.9. The molecule has 1 fully saturated rings. The lowest BCUT2D eigenvalue weighted by Crippen LogP contribution is -2.24. The van der Waals surface area contributed by atoms with Gasteiger partial charge in [-0.05, 0) is 61.9 Å². The summed E-state index contributed by atoms with van der Waals surface area (Å²) in [6, 6.07) is 7.61. The van der Waals surface area contributed by atoms with Crippen LogP contribution in [0.15, 0.2) is 29.2 Å². The lowest BCUT2D eigenvalue weighted by molar-refractivity contribution is -0.122. The minimum absolute atomic E-state index is 0.00182. The third kappa shape index (κ3) is 6.83. The molecule has 1 saturated carbocycles. The molecular weight excluding hydrogens is 310 g/mol. The average molecular weight is 337 g/mol. The fourth-order valence-corrected chi connectivity index (χ4v) is 3.36. The first kappa shape index (κ1) is 18.1. The summed E-state index contributed by atoms with van der Waals surface area (Å²) in [5, 5.41) is 0. The lowest BCUT2D eigenvalue weighted by Gasteiger charge is -2.23. The van der Waals surface area contributed by atoms with Crippen molar-refractivity contribution in [1.82, 2.24) is 4.72 Å². The predicted octanol–water partition coefficient (Wildman–Crippen LogP) is 4.19. The van der Waals surface area contributed by atoms with Gasteiger partial charge in [0, 0.05) is 11.5 Å².